The van der Waals surface area contributed by atoms with Gasteiger partial charge in [-0.2, -0.15) is 0 Å². The van der Waals surface area contributed by atoms with Crippen LogP contribution < -0.4 is 10.1 Å². The standard InChI is InChI=1S/C21H19N3O/c1-25-18-11-7-10-17(14-18)20-21(22-15-16-8-3-2-4-9-16)24-13-6-5-12-19(24)23-20/h2-14,22H,15H2,1H3. The Hall–Kier alpha value is -3.27. The van der Waals surface area contributed by atoms with Crippen molar-refractivity contribution >= 4 is 11.5 Å². The number of methoxy groups -OCH3 is 1. The highest BCUT2D eigenvalue weighted by molar-refractivity contribution is 5.77. The first kappa shape index (κ1) is 15.3. The van der Waals surface area contributed by atoms with E-state index in [0.717, 1.165) is 35.0 Å². The molecule has 0 amide bonds. The van der Waals surface area contributed by atoms with Gasteiger partial charge in [-0.25, -0.2) is 4.98 Å². The number of imidazole rings is 1. The largest absolute Gasteiger partial charge is 0.497 e. The zero-order valence-electron chi connectivity index (χ0n) is 14.0. The van der Waals surface area contributed by atoms with Crippen LogP contribution in [-0.2, 0) is 6.54 Å². The van der Waals surface area contributed by atoms with Crippen molar-refractivity contribution in [3.05, 3.63) is 84.6 Å². The highest BCUT2D eigenvalue weighted by Crippen LogP contribution is 2.31. The van der Waals surface area contributed by atoms with E-state index in [9.17, 15) is 0 Å². The van der Waals surface area contributed by atoms with Crippen molar-refractivity contribution in [3.63, 3.8) is 0 Å². The molecule has 0 spiro atoms. The zero-order valence-corrected chi connectivity index (χ0v) is 14.0. The number of fused-ring (bicyclic) bond motifs is 1. The lowest BCUT2D eigenvalue weighted by atomic mass is 10.1. The Balaban J connectivity index is 1.77. The van der Waals surface area contributed by atoms with Gasteiger partial charge in [-0.1, -0.05) is 48.5 Å². The Kier molecular flexibility index (Phi) is 4.09. The second kappa shape index (κ2) is 6.69. The molecule has 2 heterocycles. The van der Waals surface area contributed by atoms with Gasteiger partial charge >= 0.3 is 0 Å². The molecule has 0 radical (unpaired) electrons. The van der Waals surface area contributed by atoms with Gasteiger partial charge in [-0.15, -0.1) is 0 Å². The number of hydrogen-bond donors (Lipinski definition) is 1. The van der Waals surface area contributed by atoms with E-state index in [2.05, 4.69) is 40.0 Å². The molecule has 0 aliphatic carbocycles. The Morgan fingerprint density at radius 2 is 1.80 bits per heavy atom. The number of ether oxygens (including phenoxy) is 1. The van der Waals surface area contributed by atoms with Crippen LogP contribution in [0.5, 0.6) is 5.75 Å². The highest BCUT2D eigenvalue weighted by Gasteiger charge is 2.14. The maximum Gasteiger partial charge on any atom is 0.139 e. The molecule has 0 unspecified atom stereocenters. The molecule has 2 aromatic carbocycles. The minimum absolute atomic E-state index is 0.737. The molecule has 0 atom stereocenters. The van der Waals surface area contributed by atoms with Crippen LogP contribution in [0, 0.1) is 0 Å². The average Bonchev–Trinajstić information content (AvgIpc) is 3.06. The fraction of sp³-hybridized carbons (Fsp3) is 0.0952. The van der Waals surface area contributed by atoms with Crippen molar-refractivity contribution in [2.24, 2.45) is 0 Å². The van der Waals surface area contributed by atoms with Crippen LogP contribution in [0.15, 0.2) is 79.0 Å². The predicted octanol–water partition coefficient (Wildman–Crippen LogP) is 4.62. The first-order valence-electron chi connectivity index (χ1n) is 8.24. The van der Waals surface area contributed by atoms with E-state index in [4.69, 9.17) is 9.72 Å². The molecule has 2 aromatic heterocycles. The van der Waals surface area contributed by atoms with E-state index in [-0.39, 0.29) is 0 Å². The van der Waals surface area contributed by atoms with E-state index in [1.807, 2.05) is 48.7 Å². The third-order valence-electron chi connectivity index (χ3n) is 4.18. The summed E-state index contributed by atoms with van der Waals surface area (Å²) in [6.45, 7) is 0.737. The van der Waals surface area contributed by atoms with Crippen molar-refractivity contribution in [1.29, 1.82) is 0 Å². The quantitative estimate of drug-likeness (QED) is 0.580. The minimum atomic E-state index is 0.737. The van der Waals surface area contributed by atoms with Crippen LogP contribution in [0.25, 0.3) is 16.9 Å². The average molecular weight is 329 g/mol. The summed E-state index contributed by atoms with van der Waals surface area (Å²) in [4.78, 5) is 4.82. The normalized spacial score (nSPS) is 10.8. The molecule has 1 N–H and O–H groups in total. The van der Waals surface area contributed by atoms with Gasteiger partial charge in [0.15, 0.2) is 0 Å². The van der Waals surface area contributed by atoms with Gasteiger partial charge in [0.2, 0.25) is 0 Å². The summed E-state index contributed by atoms with van der Waals surface area (Å²) in [7, 11) is 1.68. The van der Waals surface area contributed by atoms with E-state index >= 15 is 0 Å². The lowest BCUT2D eigenvalue weighted by Gasteiger charge is -2.09. The lowest BCUT2D eigenvalue weighted by molar-refractivity contribution is 0.415. The Morgan fingerprint density at radius 3 is 2.64 bits per heavy atom. The molecule has 25 heavy (non-hydrogen) atoms. The van der Waals surface area contributed by atoms with Crippen LogP contribution >= 0.6 is 0 Å². The maximum atomic E-state index is 5.36. The van der Waals surface area contributed by atoms with Crippen LogP contribution in [0.4, 0.5) is 5.82 Å². The second-order valence-corrected chi connectivity index (χ2v) is 5.81. The second-order valence-electron chi connectivity index (χ2n) is 5.81. The summed E-state index contributed by atoms with van der Waals surface area (Å²) >= 11 is 0. The van der Waals surface area contributed by atoms with Crippen LogP contribution in [0.3, 0.4) is 0 Å². The number of aromatic nitrogens is 2. The number of hydrogen-bond acceptors (Lipinski definition) is 3. The van der Waals surface area contributed by atoms with Crippen molar-refractivity contribution in [3.8, 4) is 17.0 Å². The number of pyridine rings is 1. The van der Waals surface area contributed by atoms with Gasteiger partial charge < -0.3 is 10.1 Å². The highest BCUT2D eigenvalue weighted by atomic mass is 16.5. The third kappa shape index (κ3) is 3.06. The van der Waals surface area contributed by atoms with Crippen molar-refractivity contribution < 1.29 is 4.74 Å². The van der Waals surface area contributed by atoms with Crippen LogP contribution in [-0.4, -0.2) is 16.5 Å². The molecule has 0 aliphatic rings. The molecule has 124 valence electrons. The number of nitrogens with zero attached hydrogens (tertiary/aromatic N) is 2. The van der Waals surface area contributed by atoms with Gasteiger partial charge in [0.1, 0.15) is 22.9 Å². The van der Waals surface area contributed by atoms with Crippen molar-refractivity contribution in [2.45, 2.75) is 6.54 Å². The molecule has 4 heteroatoms. The van der Waals surface area contributed by atoms with Crippen molar-refractivity contribution in [1.82, 2.24) is 9.38 Å². The maximum absolute atomic E-state index is 5.36. The Bertz CT molecular complexity index is 992. The summed E-state index contributed by atoms with van der Waals surface area (Å²) in [6, 6.07) is 24.4. The minimum Gasteiger partial charge on any atom is -0.497 e. The molecule has 0 saturated heterocycles. The summed E-state index contributed by atoms with van der Waals surface area (Å²) in [5, 5.41) is 3.55. The predicted molar refractivity (Wildman–Crippen MR) is 101 cm³/mol. The van der Waals surface area contributed by atoms with Gasteiger partial charge in [-0.05, 0) is 29.8 Å². The molecule has 4 rings (SSSR count). The van der Waals surface area contributed by atoms with Gasteiger partial charge in [0.05, 0.1) is 7.11 Å². The molecule has 4 aromatic rings. The van der Waals surface area contributed by atoms with Crippen LogP contribution in [0.2, 0.25) is 0 Å². The van der Waals surface area contributed by atoms with E-state index < -0.39 is 0 Å². The molecular weight excluding hydrogens is 310 g/mol. The van der Waals surface area contributed by atoms with Gasteiger partial charge in [0, 0.05) is 18.3 Å². The topological polar surface area (TPSA) is 38.6 Å². The SMILES string of the molecule is COc1cccc(-c2nc3ccccn3c2NCc2ccccc2)c1. The van der Waals surface area contributed by atoms with E-state index in [1.165, 1.54) is 5.56 Å². The summed E-state index contributed by atoms with van der Waals surface area (Å²) in [5.41, 5.74) is 4.08. The molecule has 0 aliphatic heterocycles. The van der Waals surface area contributed by atoms with E-state index in [0.29, 0.717) is 0 Å². The number of anilines is 1. The fourth-order valence-electron chi connectivity index (χ4n) is 2.92. The Morgan fingerprint density at radius 1 is 0.960 bits per heavy atom. The summed E-state index contributed by atoms with van der Waals surface area (Å²) in [6.07, 6.45) is 2.03. The third-order valence-corrected chi connectivity index (χ3v) is 4.18. The van der Waals surface area contributed by atoms with Crippen LogP contribution in [0.1, 0.15) is 5.56 Å². The molecule has 4 nitrogen and oxygen atoms in total. The first-order valence-corrected chi connectivity index (χ1v) is 8.24. The zero-order chi connectivity index (χ0) is 17.1. The Labute approximate surface area is 146 Å². The lowest BCUT2D eigenvalue weighted by Crippen LogP contribution is -2.03. The van der Waals surface area contributed by atoms with E-state index in [1.54, 1.807) is 7.11 Å². The molecule has 0 bridgehead atoms. The number of benzene rings is 2. The fourth-order valence-corrected chi connectivity index (χ4v) is 2.92. The van der Waals surface area contributed by atoms with Crippen molar-refractivity contribution in [2.75, 3.05) is 12.4 Å². The van der Waals surface area contributed by atoms with Gasteiger partial charge in [-0.3, -0.25) is 4.40 Å². The monoisotopic (exact) mass is 329 g/mol. The van der Waals surface area contributed by atoms with Gasteiger partial charge in [0.25, 0.3) is 0 Å². The summed E-state index contributed by atoms with van der Waals surface area (Å²) < 4.78 is 7.45. The number of rotatable bonds is 5. The molecule has 0 saturated carbocycles. The first-order chi connectivity index (χ1) is 12.3. The smallest absolute Gasteiger partial charge is 0.139 e. The number of nitrogens with one attached hydrogen (secondary N) is 1. The molecular formula is C21H19N3O. The summed E-state index contributed by atoms with van der Waals surface area (Å²) in [5.74, 6) is 1.80. The molecule has 0 fully saturated rings.